The third-order valence-corrected chi connectivity index (χ3v) is 4.88. The van der Waals surface area contributed by atoms with Crippen LogP contribution in [0, 0.1) is 17.3 Å². The summed E-state index contributed by atoms with van der Waals surface area (Å²) in [6, 6.07) is 0. The Morgan fingerprint density at radius 2 is 2.17 bits per heavy atom. The van der Waals surface area contributed by atoms with Crippen molar-refractivity contribution in [3.8, 4) is 0 Å². The predicted octanol–water partition coefficient (Wildman–Crippen LogP) is 1.81. The zero-order valence-electron chi connectivity index (χ0n) is 11.7. The zero-order chi connectivity index (χ0) is 13.6. The molecule has 3 saturated carbocycles. The van der Waals surface area contributed by atoms with Gasteiger partial charge < -0.3 is 9.84 Å². The lowest BCUT2D eigenvalue weighted by Crippen LogP contribution is -2.64. The fraction of sp³-hybridized carbons (Fsp3) is 0.857. The maximum absolute atomic E-state index is 11.3. The Morgan fingerprint density at radius 1 is 1.50 bits per heavy atom. The Hall–Kier alpha value is -0.900. The smallest absolute Gasteiger partial charge is 0.327 e. The minimum Gasteiger partial charge on any atom is -0.465 e. The molecule has 3 aliphatic carbocycles. The Balaban J connectivity index is 2.08. The minimum absolute atomic E-state index is 0.0270. The number of nitrogens with zero attached hydrogens (tertiary/aromatic N) is 1. The SMILES string of the molecule is CCOC(=O)CN=C1C[C@@H]2C[C@H](C1(C)O)C2(C)C. The van der Waals surface area contributed by atoms with E-state index >= 15 is 0 Å². The summed E-state index contributed by atoms with van der Waals surface area (Å²) in [5, 5.41) is 10.6. The highest BCUT2D eigenvalue weighted by Gasteiger charge is 2.61. The molecule has 0 aromatic carbocycles. The van der Waals surface area contributed by atoms with Gasteiger partial charge in [-0.2, -0.15) is 0 Å². The monoisotopic (exact) mass is 253 g/mol. The highest BCUT2D eigenvalue weighted by molar-refractivity contribution is 5.95. The van der Waals surface area contributed by atoms with Crippen LogP contribution in [0.2, 0.25) is 0 Å². The first-order valence-corrected chi connectivity index (χ1v) is 6.72. The standard InChI is InChI=1S/C14H23NO3/c1-5-18-12(16)8-15-11-7-9-6-10(13(9,2)3)14(11,4)17/h9-10,17H,5-8H2,1-4H3/t9-,10-,14?/m0/s1. The molecule has 2 bridgehead atoms. The van der Waals surface area contributed by atoms with Crippen LogP contribution in [0.5, 0.6) is 0 Å². The Bertz CT molecular complexity index is 385. The van der Waals surface area contributed by atoms with Crippen LogP contribution in [0.25, 0.3) is 0 Å². The van der Waals surface area contributed by atoms with Crippen molar-refractivity contribution in [1.82, 2.24) is 0 Å². The zero-order valence-corrected chi connectivity index (χ0v) is 11.7. The van der Waals surface area contributed by atoms with Gasteiger partial charge >= 0.3 is 5.97 Å². The summed E-state index contributed by atoms with van der Waals surface area (Å²) in [5.74, 6) is 0.521. The number of carbonyl (C=O) groups is 1. The molecule has 0 aromatic rings. The molecule has 102 valence electrons. The van der Waals surface area contributed by atoms with Gasteiger partial charge in [-0.25, -0.2) is 0 Å². The summed E-state index contributed by atoms with van der Waals surface area (Å²) in [7, 11) is 0. The number of rotatable bonds is 3. The van der Waals surface area contributed by atoms with Crippen molar-refractivity contribution in [3.05, 3.63) is 0 Å². The van der Waals surface area contributed by atoms with Crippen molar-refractivity contribution in [2.24, 2.45) is 22.2 Å². The van der Waals surface area contributed by atoms with Crippen LogP contribution in [0.4, 0.5) is 0 Å². The predicted molar refractivity (Wildman–Crippen MR) is 69.6 cm³/mol. The van der Waals surface area contributed by atoms with Gasteiger partial charge in [-0.05, 0) is 43.9 Å². The molecule has 0 aromatic heterocycles. The normalized spacial score (nSPS) is 39.3. The van der Waals surface area contributed by atoms with Crippen molar-refractivity contribution < 1.29 is 14.6 Å². The second-order valence-corrected chi connectivity index (χ2v) is 6.23. The highest BCUT2D eigenvalue weighted by atomic mass is 16.5. The van der Waals surface area contributed by atoms with E-state index in [4.69, 9.17) is 4.74 Å². The van der Waals surface area contributed by atoms with E-state index < -0.39 is 5.60 Å². The Labute approximate surface area is 108 Å². The van der Waals surface area contributed by atoms with E-state index in [2.05, 4.69) is 18.8 Å². The molecule has 1 unspecified atom stereocenters. The van der Waals surface area contributed by atoms with E-state index in [0.29, 0.717) is 12.5 Å². The quantitative estimate of drug-likeness (QED) is 0.780. The second-order valence-electron chi connectivity index (χ2n) is 6.23. The largest absolute Gasteiger partial charge is 0.465 e. The van der Waals surface area contributed by atoms with E-state index in [1.54, 1.807) is 6.92 Å². The van der Waals surface area contributed by atoms with Gasteiger partial charge in [0.25, 0.3) is 0 Å². The molecule has 0 radical (unpaired) electrons. The summed E-state index contributed by atoms with van der Waals surface area (Å²) in [6.07, 6.45) is 1.87. The first kappa shape index (κ1) is 13.5. The van der Waals surface area contributed by atoms with Gasteiger partial charge in [0.1, 0.15) is 12.1 Å². The van der Waals surface area contributed by atoms with Gasteiger partial charge in [-0.1, -0.05) is 13.8 Å². The first-order chi connectivity index (χ1) is 8.30. The number of esters is 1. The Kier molecular flexibility index (Phi) is 3.26. The molecule has 18 heavy (non-hydrogen) atoms. The van der Waals surface area contributed by atoms with Gasteiger partial charge in [-0.15, -0.1) is 0 Å². The van der Waals surface area contributed by atoms with Gasteiger partial charge in [0.15, 0.2) is 0 Å². The van der Waals surface area contributed by atoms with Crippen LogP contribution >= 0.6 is 0 Å². The number of hydrogen-bond donors (Lipinski definition) is 1. The maximum atomic E-state index is 11.3. The molecule has 0 spiro atoms. The van der Waals surface area contributed by atoms with Gasteiger partial charge in [0.2, 0.25) is 0 Å². The van der Waals surface area contributed by atoms with Crippen LogP contribution in [-0.4, -0.2) is 35.5 Å². The van der Waals surface area contributed by atoms with E-state index in [1.807, 2.05) is 6.92 Å². The van der Waals surface area contributed by atoms with Crippen molar-refractivity contribution >= 4 is 11.7 Å². The molecule has 3 atom stereocenters. The van der Waals surface area contributed by atoms with Crippen LogP contribution in [0.1, 0.15) is 40.5 Å². The van der Waals surface area contributed by atoms with Gasteiger partial charge in [-0.3, -0.25) is 9.79 Å². The van der Waals surface area contributed by atoms with E-state index in [-0.39, 0.29) is 23.8 Å². The summed E-state index contributed by atoms with van der Waals surface area (Å²) in [6.45, 7) is 8.43. The molecule has 0 heterocycles. The third kappa shape index (κ3) is 1.96. The average molecular weight is 253 g/mol. The summed E-state index contributed by atoms with van der Waals surface area (Å²) in [4.78, 5) is 15.6. The first-order valence-electron chi connectivity index (χ1n) is 6.72. The summed E-state index contributed by atoms with van der Waals surface area (Å²) in [5.41, 5.74) is 0.0909. The van der Waals surface area contributed by atoms with Crippen LogP contribution in [0.3, 0.4) is 0 Å². The molecular weight excluding hydrogens is 230 g/mol. The fourth-order valence-electron chi connectivity index (χ4n) is 3.55. The fourth-order valence-corrected chi connectivity index (χ4v) is 3.55. The lowest BCUT2D eigenvalue weighted by molar-refractivity contribution is -0.141. The molecule has 4 heteroatoms. The van der Waals surface area contributed by atoms with Crippen LogP contribution in [0.15, 0.2) is 4.99 Å². The molecule has 0 amide bonds. The molecule has 1 N–H and O–H groups in total. The highest BCUT2D eigenvalue weighted by Crippen LogP contribution is 2.61. The topological polar surface area (TPSA) is 58.9 Å². The third-order valence-electron chi connectivity index (χ3n) is 4.88. The van der Waals surface area contributed by atoms with Gasteiger partial charge in [0.05, 0.1) is 6.61 Å². The molecule has 3 aliphatic rings. The Morgan fingerprint density at radius 3 is 2.67 bits per heavy atom. The van der Waals surface area contributed by atoms with E-state index in [9.17, 15) is 9.90 Å². The van der Waals surface area contributed by atoms with E-state index in [0.717, 1.165) is 18.6 Å². The van der Waals surface area contributed by atoms with Gasteiger partial charge in [0, 0.05) is 5.71 Å². The van der Waals surface area contributed by atoms with Crippen molar-refractivity contribution in [2.75, 3.05) is 13.2 Å². The molecule has 0 saturated heterocycles. The molecule has 3 fully saturated rings. The minimum atomic E-state index is -0.870. The molecule has 3 rings (SSSR count). The molecular formula is C14H23NO3. The number of fused-ring (bicyclic) bond motifs is 2. The molecule has 4 nitrogen and oxygen atoms in total. The van der Waals surface area contributed by atoms with Crippen molar-refractivity contribution in [3.63, 3.8) is 0 Å². The number of ether oxygens (including phenoxy) is 1. The van der Waals surface area contributed by atoms with Crippen molar-refractivity contribution in [2.45, 2.75) is 46.1 Å². The lowest BCUT2D eigenvalue weighted by atomic mass is 9.44. The van der Waals surface area contributed by atoms with Crippen LogP contribution < -0.4 is 0 Å². The number of hydrogen-bond acceptors (Lipinski definition) is 4. The average Bonchev–Trinajstić information content (AvgIpc) is 2.26. The second kappa shape index (κ2) is 4.34. The van der Waals surface area contributed by atoms with Crippen molar-refractivity contribution in [1.29, 1.82) is 0 Å². The maximum Gasteiger partial charge on any atom is 0.327 e. The molecule has 0 aliphatic heterocycles. The lowest BCUT2D eigenvalue weighted by Gasteiger charge is -2.62. The summed E-state index contributed by atoms with van der Waals surface area (Å²) < 4.78 is 4.85. The van der Waals surface area contributed by atoms with E-state index in [1.165, 1.54) is 0 Å². The number of aliphatic hydroxyl groups is 1. The van der Waals surface area contributed by atoms with Crippen LogP contribution in [-0.2, 0) is 9.53 Å². The number of carbonyl (C=O) groups excluding carboxylic acids is 1. The summed E-state index contributed by atoms with van der Waals surface area (Å²) >= 11 is 0. The number of aliphatic imine (C=N–C) groups is 1.